The molecule has 1 aromatic heterocycles. The number of aliphatic hydroxyl groups is 3. The van der Waals surface area contributed by atoms with Crippen molar-refractivity contribution in [1.82, 2.24) is 0 Å². The number of hydrogen-bond donors (Lipinski definition) is 3. The molecule has 2 aliphatic carbocycles. The van der Waals surface area contributed by atoms with Crippen LogP contribution in [-0.4, -0.2) is 51.2 Å². The molecule has 3 N–H and O–H groups in total. The van der Waals surface area contributed by atoms with Crippen LogP contribution in [0.4, 0.5) is 8.78 Å². The van der Waals surface area contributed by atoms with E-state index >= 15 is 0 Å². The summed E-state index contributed by atoms with van der Waals surface area (Å²) in [7, 11) is 0. The predicted octanol–water partition coefficient (Wildman–Crippen LogP) is 4.57. The Bertz CT molecular complexity index is 1030. The summed E-state index contributed by atoms with van der Waals surface area (Å²) in [5, 5.41) is 31.0. The maximum Gasteiger partial charge on any atom is 0.248 e. The van der Waals surface area contributed by atoms with E-state index in [1.165, 1.54) is 21.5 Å². The van der Waals surface area contributed by atoms with Crippen LogP contribution < -0.4 is 0 Å². The van der Waals surface area contributed by atoms with Crippen molar-refractivity contribution in [3.8, 4) is 0 Å². The zero-order valence-corrected chi connectivity index (χ0v) is 20.3. The first-order valence-electron chi connectivity index (χ1n) is 11.4. The maximum absolute atomic E-state index is 13.8. The SMILES string of the molecule is CS[C@H]1O[C@@H](c2ccc(C)c(Cc3ccc(C45CCC(F)(F)CC4C5)s3)c2)[C@H](O)[C@@H](O)[C@@H]1O. The van der Waals surface area contributed by atoms with Crippen LogP contribution in [0, 0.1) is 12.8 Å². The molecule has 2 unspecified atom stereocenters. The summed E-state index contributed by atoms with van der Waals surface area (Å²) in [5.41, 5.74) is 2.32. The van der Waals surface area contributed by atoms with E-state index in [2.05, 4.69) is 12.1 Å². The van der Waals surface area contributed by atoms with Gasteiger partial charge in [-0.2, -0.15) is 0 Å². The number of aliphatic hydroxyl groups excluding tert-OH is 3. The standard InChI is InChI=1S/C25H30F2O4S2/c1-13-3-4-14(22-20(29)19(28)21(30)23(31-22)32-2)9-15(13)10-17-5-6-18(33-17)24-7-8-25(26,27)12-16(24)11-24/h3-6,9,16,19-23,28-30H,7-8,10-12H2,1-2H3/t16?,19-,20-,21+,22+,23-,24?/m1/s1. The molecule has 180 valence electrons. The van der Waals surface area contributed by atoms with Gasteiger partial charge in [-0.3, -0.25) is 0 Å². The van der Waals surface area contributed by atoms with Crippen LogP contribution >= 0.6 is 23.1 Å². The molecule has 2 heterocycles. The number of hydrogen-bond acceptors (Lipinski definition) is 6. The lowest BCUT2D eigenvalue weighted by Crippen LogP contribution is -2.52. The first-order valence-corrected chi connectivity index (χ1v) is 13.5. The molecule has 0 radical (unpaired) electrons. The number of ether oxygens (including phenoxy) is 1. The van der Waals surface area contributed by atoms with E-state index in [0.29, 0.717) is 12.8 Å². The first kappa shape index (κ1) is 23.7. The van der Waals surface area contributed by atoms with E-state index in [9.17, 15) is 24.1 Å². The van der Waals surface area contributed by atoms with Crippen molar-refractivity contribution in [2.75, 3.05) is 6.26 Å². The molecule has 3 aliphatic rings. The van der Waals surface area contributed by atoms with E-state index in [1.54, 1.807) is 17.6 Å². The van der Waals surface area contributed by atoms with Gasteiger partial charge in [-0.1, -0.05) is 18.2 Å². The van der Waals surface area contributed by atoms with Gasteiger partial charge in [0.15, 0.2) is 0 Å². The van der Waals surface area contributed by atoms with Gasteiger partial charge in [0.05, 0.1) is 0 Å². The third-order valence-electron chi connectivity index (χ3n) is 7.73. The minimum Gasteiger partial charge on any atom is -0.387 e. The van der Waals surface area contributed by atoms with Gasteiger partial charge in [0, 0.05) is 34.4 Å². The number of rotatable bonds is 5. The van der Waals surface area contributed by atoms with Crippen molar-refractivity contribution in [2.45, 2.75) is 80.2 Å². The van der Waals surface area contributed by atoms with Gasteiger partial charge in [0.1, 0.15) is 29.9 Å². The third kappa shape index (κ3) is 4.28. The Morgan fingerprint density at radius 1 is 1.06 bits per heavy atom. The monoisotopic (exact) mass is 496 g/mol. The molecular formula is C25H30F2O4S2. The van der Waals surface area contributed by atoms with E-state index < -0.39 is 35.8 Å². The summed E-state index contributed by atoms with van der Waals surface area (Å²) in [6.45, 7) is 2.04. The Morgan fingerprint density at radius 2 is 1.85 bits per heavy atom. The number of fused-ring (bicyclic) bond motifs is 1. The van der Waals surface area contributed by atoms with E-state index in [4.69, 9.17) is 4.74 Å². The summed E-state index contributed by atoms with van der Waals surface area (Å²) < 4.78 is 33.4. The molecule has 8 heteroatoms. The zero-order chi connectivity index (χ0) is 23.5. The van der Waals surface area contributed by atoms with Gasteiger partial charge in [-0.25, -0.2) is 8.78 Å². The molecule has 0 spiro atoms. The smallest absolute Gasteiger partial charge is 0.248 e. The first-order chi connectivity index (χ1) is 15.6. The van der Waals surface area contributed by atoms with Crippen LogP contribution in [0.25, 0.3) is 0 Å². The molecular weight excluding hydrogens is 466 g/mol. The lowest BCUT2D eigenvalue weighted by Gasteiger charge is -2.40. The normalized spacial score (nSPS) is 37.5. The molecule has 2 aromatic rings. The molecule has 33 heavy (non-hydrogen) atoms. The highest BCUT2D eigenvalue weighted by molar-refractivity contribution is 7.99. The Labute approximate surface area is 201 Å². The van der Waals surface area contributed by atoms with Crippen LogP contribution in [0.1, 0.15) is 58.2 Å². The average molecular weight is 497 g/mol. The van der Waals surface area contributed by atoms with E-state index in [0.717, 1.165) is 23.1 Å². The van der Waals surface area contributed by atoms with Crippen molar-refractivity contribution in [3.05, 3.63) is 56.8 Å². The van der Waals surface area contributed by atoms with Gasteiger partial charge < -0.3 is 20.1 Å². The highest BCUT2D eigenvalue weighted by Gasteiger charge is 2.62. The van der Waals surface area contributed by atoms with Crippen LogP contribution in [0.3, 0.4) is 0 Å². The number of halogens is 2. The predicted molar refractivity (Wildman–Crippen MR) is 126 cm³/mol. The minimum absolute atomic E-state index is 0.0147. The van der Waals surface area contributed by atoms with Crippen molar-refractivity contribution in [1.29, 1.82) is 0 Å². The van der Waals surface area contributed by atoms with Crippen molar-refractivity contribution in [2.24, 2.45) is 5.92 Å². The number of alkyl halides is 2. The summed E-state index contributed by atoms with van der Waals surface area (Å²) in [5.74, 6) is -2.40. The molecule has 1 aliphatic heterocycles. The fourth-order valence-corrected chi connectivity index (χ4v) is 7.56. The van der Waals surface area contributed by atoms with Crippen LogP contribution in [0.2, 0.25) is 0 Å². The van der Waals surface area contributed by atoms with Crippen molar-refractivity contribution >= 4 is 23.1 Å². The van der Waals surface area contributed by atoms with E-state index in [1.807, 2.05) is 25.1 Å². The van der Waals surface area contributed by atoms with E-state index in [-0.39, 0.29) is 24.2 Å². The second-order valence-electron chi connectivity index (χ2n) is 9.88. The summed E-state index contributed by atoms with van der Waals surface area (Å²) >= 11 is 3.03. The second kappa shape index (κ2) is 8.57. The summed E-state index contributed by atoms with van der Waals surface area (Å²) in [6, 6.07) is 10.1. The minimum atomic E-state index is -2.51. The van der Waals surface area contributed by atoms with Crippen LogP contribution in [-0.2, 0) is 16.6 Å². The van der Waals surface area contributed by atoms with Crippen LogP contribution in [0.15, 0.2) is 30.3 Å². The molecule has 0 bridgehead atoms. The molecule has 7 atom stereocenters. The van der Waals surface area contributed by atoms with Gasteiger partial charge in [-0.15, -0.1) is 23.1 Å². The topological polar surface area (TPSA) is 69.9 Å². The third-order valence-corrected chi connectivity index (χ3v) is 9.89. The molecule has 5 rings (SSSR count). The highest BCUT2D eigenvalue weighted by atomic mass is 32.2. The number of thioether (sulfide) groups is 1. The largest absolute Gasteiger partial charge is 0.387 e. The second-order valence-corrected chi connectivity index (χ2v) is 12.0. The lowest BCUT2D eigenvalue weighted by atomic mass is 9.85. The fourth-order valence-electron chi connectivity index (χ4n) is 5.55. The highest BCUT2D eigenvalue weighted by Crippen LogP contribution is 2.66. The van der Waals surface area contributed by atoms with Crippen molar-refractivity contribution in [3.63, 3.8) is 0 Å². The van der Waals surface area contributed by atoms with Gasteiger partial charge in [0.25, 0.3) is 0 Å². The molecule has 0 amide bonds. The average Bonchev–Trinajstić information content (AvgIpc) is 3.29. The number of thiophene rings is 1. The Balaban J connectivity index is 1.34. The Kier molecular flexibility index (Phi) is 6.16. The Hall–Kier alpha value is -1.03. The van der Waals surface area contributed by atoms with Gasteiger partial charge >= 0.3 is 0 Å². The lowest BCUT2D eigenvalue weighted by molar-refractivity contribution is -0.200. The molecule has 1 saturated heterocycles. The van der Waals surface area contributed by atoms with Crippen LogP contribution in [0.5, 0.6) is 0 Å². The van der Waals surface area contributed by atoms with Crippen molar-refractivity contribution < 1.29 is 28.8 Å². The maximum atomic E-state index is 13.8. The molecule has 3 fully saturated rings. The molecule has 4 nitrogen and oxygen atoms in total. The molecule has 1 aromatic carbocycles. The summed E-state index contributed by atoms with van der Waals surface area (Å²) in [4.78, 5) is 2.42. The molecule has 2 saturated carbocycles. The fraction of sp³-hybridized carbons (Fsp3) is 0.600. The Morgan fingerprint density at radius 3 is 2.58 bits per heavy atom. The summed E-state index contributed by atoms with van der Waals surface area (Å²) in [6.07, 6.45) is -0.424. The van der Waals surface area contributed by atoms with Gasteiger partial charge in [0.2, 0.25) is 5.92 Å². The quantitative estimate of drug-likeness (QED) is 0.566. The number of benzene rings is 1. The zero-order valence-electron chi connectivity index (χ0n) is 18.7. The number of aryl methyl sites for hydroxylation is 1. The van der Waals surface area contributed by atoms with Gasteiger partial charge in [-0.05, 0) is 60.8 Å².